The van der Waals surface area contributed by atoms with E-state index in [1.54, 1.807) is 78.9 Å². The summed E-state index contributed by atoms with van der Waals surface area (Å²) in [7, 11) is 0. The Morgan fingerprint density at radius 2 is 1.32 bits per heavy atom. The molecule has 4 aromatic rings. The van der Waals surface area contributed by atoms with Gasteiger partial charge in [-0.15, -0.1) is 0 Å². The van der Waals surface area contributed by atoms with Crippen LogP contribution in [0.4, 0.5) is 5.69 Å². The molecule has 0 bridgehead atoms. The second-order valence-corrected chi connectivity index (χ2v) is 8.40. The van der Waals surface area contributed by atoms with Crippen molar-refractivity contribution in [3.05, 3.63) is 130 Å². The third-order valence-corrected chi connectivity index (χ3v) is 5.41. The highest BCUT2D eigenvalue weighted by Crippen LogP contribution is 2.18. The molecule has 0 spiro atoms. The van der Waals surface area contributed by atoms with E-state index in [0.29, 0.717) is 33.7 Å². The summed E-state index contributed by atoms with van der Waals surface area (Å²) < 4.78 is 5.54. The first-order valence-corrected chi connectivity index (χ1v) is 11.6. The Kier molecular flexibility index (Phi) is 7.85. The molecule has 0 saturated carbocycles. The molecule has 4 aromatic carbocycles. The molecule has 7 heteroatoms. The van der Waals surface area contributed by atoms with Gasteiger partial charge in [-0.2, -0.15) is 5.10 Å². The SMILES string of the molecule is Cc1cccc(C(=O)Nc2cccc(C(=O)NN=Cc3ccccc3OC(=O)c3cccc(C)c3)c2)c1. The van der Waals surface area contributed by atoms with E-state index in [-0.39, 0.29) is 5.91 Å². The van der Waals surface area contributed by atoms with E-state index in [2.05, 4.69) is 15.8 Å². The Bertz CT molecular complexity index is 1490. The molecule has 4 rings (SSSR count). The zero-order valence-corrected chi connectivity index (χ0v) is 20.4. The zero-order valence-electron chi connectivity index (χ0n) is 20.4. The number of benzene rings is 4. The van der Waals surface area contributed by atoms with E-state index < -0.39 is 11.9 Å². The molecule has 184 valence electrons. The Labute approximate surface area is 214 Å². The highest BCUT2D eigenvalue weighted by molar-refractivity contribution is 6.05. The summed E-state index contributed by atoms with van der Waals surface area (Å²) in [5.74, 6) is -0.904. The molecule has 0 heterocycles. The van der Waals surface area contributed by atoms with Gasteiger partial charge in [0.25, 0.3) is 11.8 Å². The number of ether oxygens (including phenoxy) is 1. The monoisotopic (exact) mass is 491 g/mol. The van der Waals surface area contributed by atoms with Crippen molar-refractivity contribution >= 4 is 29.7 Å². The molecule has 37 heavy (non-hydrogen) atoms. The van der Waals surface area contributed by atoms with Crippen LogP contribution >= 0.6 is 0 Å². The van der Waals surface area contributed by atoms with Gasteiger partial charge in [0.15, 0.2) is 0 Å². The number of hydrogen-bond donors (Lipinski definition) is 2. The maximum absolute atomic E-state index is 12.6. The van der Waals surface area contributed by atoms with Crippen molar-refractivity contribution in [1.29, 1.82) is 0 Å². The first-order chi connectivity index (χ1) is 17.9. The highest BCUT2D eigenvalue weighted by atomic mass is 16.5. The minimum atomic E-state index is -0.488. The van der Waals surface area contributed by atoms with Crippen LogP contribution in [0, 0.1) is 13.8 Å². The van der Waals surface area contributed by atoms with Crippen LogP contribution in [-0.2, 0) is 0 Å². The molecule has 0 saturated heterocycles. The Morgan fingerprint density at radius 3 is 2.05 bits per heavy atom. The summed E-state index contributed by atoms with van der Waals surface area (Å²) >= 11 is 0. The van der Waals surface area contributed by atoms with Gasteiger partial charge in [0.2, 0.25) is 0 Å². The second-order valence-electron chi connectivity index (χ2n) is 8.40. The van der Waals surface area contributed by atoms with E-state index in [9.17, 15) is 14.4 Å². The smallest absolute Gasteiger partial charge is 0.343 e. The van der Waals surface area contributed by atoms with Gasteiger partial charge in [-0.25, -0.2) is 10.2 Å². The molecule has 2 N–H and O–H groups in total. The number of amides is 2. The lowest BCUT2D eigenvalue weighted by Crippen LogP contribution is -2.18. The molecule has 0 atom stereocenters. The number of carbonyl (C=O) groups excluding carboxylic acids is 3. The van der Waals surface area contributed by atoms with Crippen LogP contribution in [0.15, 0.2) is 102 Å². The maximum Gasteiger partial charge on any atom is 0.343 e. The summed E-state index contributed by atoms with van der Waals surface area (Å²) in [5.41, 5.74) is 6.68. The van der Waals surface area contributed by atoms with Gasteiger partial charge in [-0.05, 0) is 68.4 Å². The van der Waals surface area contributed by atoms with Crippen LogP contribution in [0.3, 0.4) is 0 Å². The van der Waals surface area contributed by atoms with Crippen LogP contribution in [0.25, 0.3) is 0 Å². The molecule has 0 aliphatic carbocycles. The van der Waals surface area contributed by atoms with Crippen molar-refractivity contribution in [2.75, 3.05) is 5.32 Å². The normalized spacial score (nSPS) is 10.6. The average molecular weight is 492 g/mol. The molecular formula is C30H25N3O4. The number of para-hydroxylation sites is 1. The lowest BCUT2D eigenvalue weighted by molar-refractivity contribution is 0.0733. The van der Waals surface area contributed by atoms with Gasteiger partial charge in [0.05, 0.1) is 11.8 Å². The van der Waals surface area contributed by atoms with Gasteiger partial charge < -0.3 is 10.1 Å². The fraction of sp³-hybridized carbons (Fsp3) is 0.0667. The van der Waals surface area contributed by atoms with E-state index in [1.165, 1.54) is 6.21 Å². The number of rotatable bonds is 7. The minimum absolute atomic E-state index is 0.268. The first kappa shape index (κ1) is 25.1. The number of nitrogens with one attached hydrogen (secondary N) is 2. The standard InChI is InChI=1S/C30H25N3O4/c1-20-8-5-11-22(16-20)28(34)32-26-14-7-12-23(18-26)29(35)33-31-19-25-10-3-4-15-27(25)37-30(36)24-13-6-9-21(2)17-24/h3-19H,1-2H3,(H,32,34)(H,33,35). The Morgan fingerprint density at radius 1 is 0.703 bits per heavy atom. The number of esters is 1. The number of hydrazone groups is 1. The topological polar surface area (TPSA) is 96.9 Å². The zero-order chi connectivity index (χ0) is 26.2. The fourth-order valence-corrected chi connectivity index (χ4v) is 3.56. The highest BCUT2D eigenvalue weighted by Gasteiger charge is 2.12. The van der Waals surface area contributed by atoms with Gasteiger partial charge in [-0.1, -0.05) is 53.6 Å². The summed E-state index contributed by atoms with van der Waals surface area (Å²) in [4.78, 5) is 37.7. The van der Waals surface area contributed by atoms with Gasteiger partial charge in [0, 0.05) is 22.4 Å². The van der Waals surface area contributed by atoms with Crippen LogP contribution in [0.5, 0.6) is 5.75 Å². The van der Waals surface area contributed by atoms with E-state index in [4.69, 9.17) is 4.74 Å². The Hall–Kier alpha value is -5.04. The molecule has 0 aliphatic heterocycles. The number of hydrogen-bond acceptors (Lipinski definition) is 5. The third kappa shape index (κ3) is 6.76. The van der Waals surface area contributed by atoms with Crippen molar-refractivity contribution in [1.82, 2.24) is 5.43 Å². The van der Waals surface area contributed by atoms with E-state index in [1.807, 2.05) is 32.0 Å². The predicted molar refractivity (Wildman–Crippen MR) is 143 cm³/mol. The molecule has 0 radical (unpaired) electrons. The van der Waals surface area contributed by atoms with Crippen molar-refractivity contribution in [3.8, 4) is 5.75 Å². The van der Waals surface area contributed by atoms with Crippen molar-refractivity contribution in [2.45, 2.75) is 13.8 Å². The molecule has 7 nitrogen and oxygen atoms in total. The van der Waals surface area contributed by atoms with Crippen molar-refractivity contribution in [2.24, 2.45) is 5.10 Å². The lowest BCUT2D eigenvalue weighted by Gasteiger charge is -2.08. The number of nitrogens with zero attached hydrogens (tertiary/aromatic N) is 1. The van der Waals surface area contributed by atoms with Crippen LogP contribution < -0.4 is 15.5 Å². The molecule has 0 aliphatic rings. The molecule has 2 amide bonds. The van der Waals surface area contributed by atoms with Gasteiger partial charge in [-0.3, -0.25) is 9.59 Å². The average Bonchev–Trinajstić information content (AvgIpc) is 2.89. The van der Waals surface area contributed by atoms with Crippen molar-refractivity contribution < 1.29 is 19.1 Å². The summed E-state index contributed by atoms with van der Waals surface area (Å²) in [6.45, 7) is 3.81. The van der Waals surface area contributed by atoms with E-state index >= 15 is 0 Å². The van der Waals surface area contributed by atoms with Gasteiger partial charge >= 0.3 is 5.97 Å². The molecule has 0 unspecified atom stereocenters. The van der Waals surface area contributed by atoms with E-state index in [0.717, 1.165) is 11.1 Å². The van der Waals surface area contributed by atoms with Crippen LogP contribution in [-0.4, -0.2) is 24.0 Å². The summed E-state index contributed by atoms with van der Waals surface area (Å²) in [6.07, 6.45) is 1.40. The van der Waals surface area contributed by atoms with Crippen LogP contribution in [0.2, 0.25) is 0 Å². The van der Waals surface area contributed by atoms with Crippen LogP contribution in [0.1, 0.15) is 47.8 Å². The van der Waals surface area contributed by atoms with Gasteiger partial charge in [0.1, 0.15) is 5.75 Å². The molecule has 0 aromatic heterocycles. The summed E-state index contributed by atoms with van der Waals surface area (Å²) in [6, 6.07) is 27.8. The number of anilines is 1. The largest absolute Gasteiger partial charge is 0.422 e. The fourth-order valence-electron chi connectivity index (χ4n) is 3.56. The third-order valence-electron chi connectivity index (χ3n) is 5.41. The quantitative estimate of drug-likeness (QED) is 0.154. The van der Waals surface area contributed by atoms with Crippen molar-refractivity contribution in [3.63, 3.8) is 0 Å². The second kappa shape index (κ2) is 11.6. The number of aryl methyl sites for hydroxylation is 2. The lowest BCUT2D eigenvalue weighted by atomic mass is 10.1. The first-order valence-electron chi connectivity index (χ1n) is 11.6. The predicted octanol–water partition coefficient (Wildman–Crippen LogP) is 5.54. The summed E-state index contributed by atoms with van der Waals surface area (Å²) in [5, 5.41) is 6.82. The Balaban J connectivity index is 1.40. The number of carbonyl (C=O) groups is 3. The minimum Gasteiger partial charge on any atom is -0.422 e. The molecular weight excluding hydrogens is 466 g/mol. The molecule has 0 fully saturated rings. The maximum atomic E-state index is 12.6.